The molecule has 0 aliphatic carbocycles. The highest BCUT2D eigenvalue weighted by molar-refractivity contribution is 9.10. The van der Waals surface area contributed by atoms with E-state index >= 15 is 0 Å². The van der Waals surface area contributed by atoms with Crippen molar-refractivity contribution >= 4 is 50.5 Å². The highest BCUT2D eigenvalue weighted by atomic mass is 79.9. The SMILES string of the molecule is CCc1c(-c2cc(Cl)ccc2Br)sc(C(=O)OC)c1N. The fourth-order valence-corrected chi connectivity index (χ4v) is 3.97. The summed E-state index contributed by atoms with van der Waals surface area (Å²) in [7, 11) is 1.35. The molecule has 3 nitrogen and oxygen atoms in total. The van der Waals surface area contributed by atoms with Gasteiger partial charge in [0.05, 0.1) is 12.8 Å². The standard InChI is InChI=1S/C14H13BrClNO2S/c1-3-8-11(17)13(14(18)19-2)20-12(8)9-6-7(16)4-5-10(9)15/h4-6H,3,17H2,1-2H3. The van der Waals surface area contributed by atoms with Crippen LogP contribution in [0.2, 0.25) is 5.02 Å². The van der Waals surface area contributed by atoms with Crippen LogP contribution in [0.5, 0.6) is 0 Å². The number of anilines is 1. The lowest BCUT2D eigenvalue weighted by molar-refractivity contribution is 0.0607. The van der Waals surface area contributed by atoms with Gasteiger partial charge in [0, 0.05) is 19.9 Å². The second-order valence-corrected chi connectivity index (χ2v) is 6.43. The summed E-state index contributed by atoms with van der Waals surface area (Å²) < 4.78 is 5.68. The van der Waals surface area contributed by atoms with Crippen molar-refractivity contribution in [2.24, 2.45) is 0 Å². The zero-order valence-corrected chi connectivity index (χ0v) is 14.2. The maximum absolute atomic E-state index is 11.8. The zero-order chi connectivity index (χ0) is 14.9. The van der Waals surface area contributed by atoms with Crippen LogP contribution < -0.4 is 5.73 Å². The molecule has 0 saturated carbocycles. The third kappa shape index (κ3) is 2.71. The van der Waals surface area contributed by atoms with Crippen molar-refractivity contribution in [1.29, 1.82) is 0 Å². The Hall–Kier alpha value is -1.04. The number of thiophene rings is 1. The first-order valence-electron chi connectivity index (χ1n) is 5.94. The molecule has 1 aromatic heterocycles. The molecule has 1 aromatic carbocycles. The number of carbonyl (C=O) groups excluding carboxylic acids is 1. The number of ether oxygens (including phenoxy) is 1. The molecular weight excluding hydrogens is 362 g/mol. The second kappa shape index (κ2) is 6.16. The van der Waals surface area contributed by atoms with Crippen LogP contribution in [0.3, 0.4) is 0 Å². The van der Waals surface area contributed by atoms with Crippen molar-refractivity contribution in [3.8, 4) is 10.4 Å². The molecule has 6 heteroatoms. The van der Waals surface area contributed by atoms with Crippen LogP contribution >= 0.6 is 38.9 Å². The molecule has 2 N–H and O–H groups in total. The first kappa shape index (κ1) is 15.4. The van der Waals surface area contributed by atoms with Crippen LogP contribution in [0.1, 0.15) is 22.2 Å². The molecule has 0 atom stereocenters. The number of hydrogen-bond donors (Lipinski definition) is 1. The summed E-state index contributed by atoms with van der Waals surface area (Å²) in [5.74, 6) is -0.411. The maximum atomic E-state index is 11.8. The normalized spacial score (nSPS) is 10.6. The van der Waals surface area contributed by atoms with E-state index in [1.807, 2.05) is 19.1 Å². The van der Waals surface area contributed by atoms with Crippen LogP contribution in [-0.2, 0) is 11.2 Å². The topological polar surface area (TPSA) is 52.3 Å². The van der Waals surface area contributed by atoms with Crippen LogP contribution in [-0.4, -0.2) is 13.1 Å². The van der Waals surface area contributed by atoms with Gasteiger partial charge in [-0.15, -0.1) is 11.3 Å². The minimum atomic E-state index is -0.411. The number of benzene rings is 1. The van der Waals surface area contributed by atoms with Crippen LogP contribution in [0.25, 0.3) is 10.4 Å². The van der Waals surface area contributed by atoms with E-state index in [2.05, 4.69) is 15.9 Å². The van der Waals surface area contributed by atoms with Gasteiger partial charge in [-0.2, -0.15) is 0 Å². The largest absolute Gasteiger partial charge is 0.465 e. The first-order chi connectivity index (χ1) is 9.49. The van der Waals surface area contributed by atoms with Crippen molar-refractivity contribution in [3.05, 3.63) is 38.1 Å². The Morgan fingerprint density at radius 1 is 1.50 bits per heavy atom. The molecule has 1 heterocycles. The quantitative estimate of drug-likeness (QED) is 0.788. The predicted octanol–water partition coefficient (Wildman–Crippen LogP) is 4.76. The number of nitrogen functional groups attached to an aromatic ring is 1. The van der Waals surface area contributed by atoms with Gasteiger partial charge in [0.1, 0.15) is 4.88 Å². The van der Waals surface area contributed by atoms with E-state index in [0.29, 0.717) is 15.6 Å². The lowest BCUT2D eigenvalue weighted by Crippen LogP contribution is -2.02. The molecular formula is C14H13BrClNO2S. The molecule has 0 aliphatic rings. The zero-order valence-electron chi connectivity index (χ0n) is 11.0. The average molecular weight is 375 g/mol. The van der Waals surface area contributed by atoms with Crippen LogP contribution in [0.15, 0.2) is 22.7 Å². The van der Waals surface area contributed by atoms with E-state index in [0.717, 1.165) is 26.9 Å². The van der Waals surface area contributed by atoms with E-state index in [1.54, 1.807) is 6.07 Å². The van der Waals surface area contributed by atoms with Crippen molar-refractivity contribution < 1.29 is 9.53 Å². The Labute approximate surface area is 134 Å². The number of hydrogen-bond acceptors (Lipinski definition) is 4. The molecule has 0 spiro atoms. The van der Waals surface area contributed by atoms with Gasteiger partial charge in [0.15, 0.2) is 0 Å². The Balaban J connectivity index is 2.68. The Morgan fingerprint density at radius 3 is 2.80 bits per heavy atom. The number of rotatable bonds is 3. The molecule has 2 aromatic rings. The summed E-state index contributed by atoms with van der Waals surface area (Å²) in [6.07, 6.45) is 0.730. The molecule has 0 aliphatic heterocycles. The maximum Gasteiger partial charge on any atom is 0.350 e. The molecule has 20 heavy (non-hydrogen) atoms. The minimum Gasteiger partial charge on any atom is -0.465 e. The highest BCUT2D eigenvalue weighted by Gasteiger charge is 2.22. The van der Waals surface area contributed by atoms with E-state index in [1.165, 1.54) is 18.4 Å². The first-order valence-corrected chi connectivity index (χ1v) is 7.93. The molecule has 0 bridgehead atoms. The van der Waals surface area contributed by atoms with E-state index in [4.69, 9.17) is 22.1 Å². The summed E-state index contributed by atoms with van der Waals surface area (Å²) in [5.41, 5.74) is 8.44. The molecule has 0 fully saturated rings. The van der Waals surface area contributed by atoms with Crippen molar-refractivity contribution in [2.75, 3.05) is 12.8 Å². The number of carbonyl (C=O) groups is 1. The lowest BCUT2D eigenvalue weighted by atomic mass is 10.1. The highest BCUT2D eigenvalue weighted by Crippen LogP contribution is 2.42. The Bertz CT molecular complexity index is 669. The molecule has 0 amide bonds. The summed E-state index contributed by atoms with van der Waals surface area (Å²) in [6.45, 7) is 2.00. The average Bonchev–Trinajstić information content (AvgIpc) is 2.77. The third-order valence-electron chi connectivity index (χ3n) is 2.95. The molecule has 2 rings (SSSR count). The van der Waals surface area contributed by atoms with Gasteiger partial charge in [-0.05, 0) is 30.2 Å². The van der Waals surface area contributed by atoms with Gasteiger partial charge < -0.3 is 10.5 Å². The predicted molar refractivity (Wildman–Crippen MR) is 87.6 cm³/mol. The molecule has 0 radical (unpaired) electrons. The van der Waals surface area contributed by atoms with E-state index < -0.39 is 5.97 Å². The van der Waals surface area contributed by atoms with Gasteiger partial charge in [0.2, 0.25) is 0 Å². The van der Waals surface area contributed by atoms with E-state index in [-0.39, 0.29) is 0 Å². The summed E-state index contributed by atoms with van der Waals surface area (Å²) >= 11 is 10.9. The lowest BCUT2D eigenvalue weighted by Gasteiger charge is -2.06. The summed E-state index contributed by atoms with van der Waals surface area (Å²) in [6, 6.07) is 5.54. The molecule has 0 unspecified atom stereocenters. The smallest absolute Gasteiger partial charge is 0.350 e. The van der Waals surface area contributed by atoms with Gasteiger partial charge in [-0.1, -0.05) is 34.5 Å². The Morgan fingerprint density at radius 2 is 2.20 bits per heavy atom. The Kier molecular flexibility index (Phi) is 4.73. The number of halogens is 2. The minimum absolute atomic E-state index is 0.411. The van der Waals surface area contributed by atoms with E-state index in [9.17, 15) is 4.79 Å². The molecule has 106 valence electrons. The fraction of sp³-hybridized carbons (Fsp3) is 0.214. The van der Waals surface area contributed by atoms with Crippen molar-refractivity contribution in [3.63, 3.8) is 0 Å². The summed E-state index contributed by atoms with van der Waals surface area (Å²) in [5, 5.41) is 0.636. The van der Waals surface area contributed by atoms with Crippen LogP contribution in [0, 0.1) is 0 Å². The van der Waals surface area contributed by atoms with Crippen molar-refractivity contribution in [2.45, 2.75) is 13.3 Å². The van der Waals surface area contributed by atoms with Crippen LogP contribution in [0.4, 0.5) is 5.69 Å². The molecule has 0 saturated heterocycles. The fourth-order valence-electron chi connectivity index (χ4n) is 1.96. The number of nitrogens with two attached hydrogens (primary N) is 1. The third-order valence-corrected chi connectivity index (χ3v) is 5.13. The van der Waals surface area contributed by atoms with Gasteiger partial charge >= 0.3 is 5.97 Å². The van der Waals surface area contributed by atoms with Gasteiger partial charge in [-0.3, -0.25) is 0 Å². The number of esters is 1. The summed E-state index contributed by atoms with van der Waals surface area (Å²) in [4.78, 5) is 13.1. The van der Waals surface area contributed by atoms with Gasteiger partial charge in [0.25, 0.3) is 0 Å². The monoisotopic (exact) mass is 373 g/mol. The van der Waals surface area contributed by atoms with Gasteiger partial charge in [-0.25, -0.2) is 4.79 Å². The van der Waals surface area contributed by atoms with Crippen molar-refractivity contribution in [1.82, 2.24) is 0 Å². The number of methoxy groups -OCH3 is 1. The second-order valence-electron chi connectivity index (χ2n) is 4.12.